The zero-order valence-corrected chi connectivity index (χ0v) is 13.2. The summed E-state index contributed by atoms with van der Waals surface area (Å²) in [6, 6.07) is 4.26. The van der Waals surface area contributed by atoms with Crippen LogP contribution in [0.25, 0.3) is 0 Å². The van der Waals surface area contributed by atoms with Crippen LogP contribution < -0.4 is 4.74 Å². The molecule has 3 rings (SSSR count). The van der Waals surface area contributed by atoms with Gasteiger partial charge in [0.1, 0.15) is 16.9 Å². The molecule has 0 unspecified atom stereocenters. The molecule has 3 heteroatoms. The van der Waals surface area contributed by atoms with Crippen LogP contribution >= 0.6 is 0 Å². The third-order valence-electron chi connectivity index (χ3n) is 4.50. The fourth-order valence-electron chi connectivity index (χ4n) is 3.59. The fraction of sp³-hybridized carbons (Fsp3) is 0.611. The number of fused-ring (bicyclic) bond motifs is 1. The molecule has 0 N–H and O–H groups in total. The number of carbonyl (C=O) groups excluding carboxylic acids is 1. The van der Waals surface area contributed by atoms with Crippen molar-refractivity contribution in [2.45, 2.75) is 64.4 Å². The predicted octanol–water partition coefficient (Wildman–Crippen LogP) is 4.23. The Balaban J connectivity index is 2.02. The van der Waals surface area contributed by atoms with Gasteiger partial charge in [-0.05, 0) is 56.7 Å². The minimum Gasteiger partial charge on any atom is -0.486 e. The first-order valence-corrected chi connectivity index (χ1v) is 8.03. The topological polar surface area (TPSA) is 35.5 Å². The van der Waals surface area contributed by atoms with Gasteiger partial charge in [-0.25, -0.2) is 4.79 Å². The van der Waals surface area contributed by atoms with Crippen molar-refractivity contribution in [1.29, 1.82) is 0 Å². The van der Waals surface area contributed by atoms with Gasteiger partial charge in [0.25, 0.3) is 0 Å². The zero-order chi connectivity index (χ0) is 15.0. The van der Waals surface area contributed by atoms with Gasteiger partial charge in [0.05, 0.1) is 6.61 Å². The minimum atomic E-state index is -0.258. The van der Waals surface area contributed by atoms with Gasteiger partial charge in [0.15, 0.2) is 0 Å². The Morgan fingerprint density at radius 1 is 1.33 bits per heavy atom. The third-order valence-corrected chi connectivity index (χ3v) is 4.50. The monoisotopic (exact) mass is 288 g/mol. The van der Waals surface area contributed by atoms with Gasteiger partial charge in [0.2, 0.25) is 0 Å². The van der Waals surface area contributed by atoms with Crippen LogP contribution in [0.2, 0.25) is 0 Å². The number of benzene rings is 1. The lowest BCUT2D eigenvalue weighted by Crippen LogP contribution is -2.25. The number of hydrogen-bond donors (Lipinski definition) is 0. The van der Waals surface area contributed by atoms with Crippen LogP contribution in [0, 0.1) is 0 Å². The third kappa shape index (κ3) is 2.78. The second kappa shape index (κ2) is 5.36. The van der Waals surface area contributed by atoms with E-state index < -0.39 is 0 Å². The second-order valence-corrected chi connectivity index (χ2v) is 6.80. The Bertz CT molecular complexity index is 554. The van der Waals surface area contributed by atoms with Crippen LogP contribution in [0.1, 0.15) is 73.9 Å². The number of hydrogen-bond acceptors (Lipinski definition) is 3. The standard InChI is InChI=1S/C18H24O3/c1-4-20-17(19)15-10-13(12-7-5-6-8-12)9-14-11-18(2,3)21-16(14)15/h9-10,12H,4-8,11H2,1-3H3. The molecular weight excluding hydrogens is 264 g/mol. The van der Waals surface area contributed by atoms with Crippen LogP contribution in [0.5, 0.6) is 5.75 Å². The molecule has 1 aliphatic carbocycles. The molecule has 1 saturated carbocycles. The molecule has 1 heterocycles. The van der Waals surface area contributed by atoms with Gasteiger partial charge in [-0.15, -0.1) is 0 Å². The molecule has 21 heavy (non-hydrogen) atoms. The summed E-state index contributed by atoms with van der Waals surface area (Å²) in [6.07, 6.45) is 5.89. The van der Waals surface area contributed by atoms with Crippen molar-refractivity contribution in [2.24, 2.45) is 0 Å². The normalized spacial score (nSPS) is 20.1. The van der Waals surface area contributed by atoms with Gasteiger partial charge in [-0.3, -0.25) is 0 Å². The molecule has 0 spiro atoms. The van der Waals surface area contributed by atoms with Gasteiger partial charge < -0.3 is 9.47 Å². The first-order chi connectivity index (χ1) is 10.00. The Labute approximate surface area is 126 Å². The minimum absolute atomic E-state index is 0.238. The Morgan fingerprint density at radius 2 is 2.05 bits per heavy atom. The molecule has 1 aromatic rings. The Morgan fingerprint density at radius 3 is 2.71 bits per heavy atom. The van der Waals surface area contributed by atoms with Crippen LogP contribution in [0.3, 0.4) is 0 Å². The van der Waals surface area contributed by atoms with E-state index in [1.165, 1.54) is 31.2 Å². The van der Waals surface area contributed by atoms with E-state index >= 15 is 0 Å². The van der Waals surface area contributed by atoms with Gasteiger partial charge in [-0.2, -0.15) is 0 Å². The van der Waals surface area contributed by atoms with Crippen molar-refractivity contribution in [3.63, 3.8) is 0 Å². The van der Waals surface area contributed by atoms with Crippen molar-refractivity contribution in [1.82, 2.24) is 0 Å². The summed E-state index contributed by atoms with van der Waals surface area (Å²) < 4.78 is 11.2. The van der Waals surface area contributed by atoms with E-state index in [9.17, 15) is 4.79 Å². The lowest BCUT2D eigenvalue weighted by molar-refractivity contribution is 0.0516. The SMILES string of the molecule is CCOC(=O)c1cc(C2CCCC2)cc2c1OC(C)(C)C2. The molecule has 1 aliphatic heterocycles. The highest BCUT2D eigenvalue weighted by molar-refractivity contribution is 5.93. The van der Waals surface area contributed by atoms with E-state index in [0.29, 0.717) is 18.1 Å². The average Bonchev–Trinajstić information content (AvgIpc) is 3.02. The van der Waals surface area contributed by atoms with E-state index in [2.05, 4.69) is 19.9 Å². The Hall–Kier alpha value is -1.51. The molecule has 0 aromatic heterocycles. The summed E-state index contributed by atoms with van der Waals surface area (Å²) in [5.41, 5.74) is 2.82. The lowest BCUT2D eigenvalue weighted by atomic mass is 9.91. The maximum absolute atomic E-state index is 12.3. The fourth-order valence-corrected chi connectivity index (χ4v) is 3.59. The molecule has 0 radical (unpaired) electrons. The van der Waals surface area contributed by atoms with E-state index in [0.717, 1.165) is 17.7 Å². The summed E-state index contributed by atoms with van der Waals surface area (Å²) in [5, 5.41) is 0. The molecule has 1 aromatic carbocycles. The Kier molecular flexibility index (Phi) is 3.68. The maximum atomic E-state index is 12.3. The van der Waals surface area contributed by atoms with Gasteiger partial charge in [-0.1, -0.05) is 18.9 Å². The van der Waals surface area contributed by atoms with Gasteiger partial charge >= 0.3 is 5.97 Å². The number of esters is 1. The van der Waals surface area contributed by atoms with Crippen LogP contribution in [0.15, 0.2) is 12.1 Å². The molecule has 3 nitrogen and oxygen atoms in total. The number of carbonyl (C=O) groups is 1. The van der Waals surface area contributed by atoms with E-state index in [1.807, 2.05) is 13.0 Å². The first kappa shape index (κ1) is 14.4. The first-order valence-electron chi connectivity index (χ1n) is 8.03. The highest BCUT2D eigenvalue weighted by Gasteiger charge is 2.35. The zero-order valence-electron chi connectivity index (χ0n) is 13.2. The summed E-state index contributed by atoms with van der Waals surface area (Å²) in [4.78, 5) is 12.3. The molecule has 114 valence electrons. The van der Waals surface area contributed by atoms with Crippen LogP contribution in [0.4, 0.5) is 0 Å². The van der Waals surface area contributed by atoms with Crippen molar-refractivity contribution in [2.75, 3.05) is 6.61 Å². The van der Waals surface area contributed by atoms with Crippen LogP contribution in [-0.2, 0) is 11.2 Å². The molecular formula is C18H24O3. The number of ether oxygens (including phenoxy) is 2. The highest BCUT2D eigenvalue weighted by atomic mass is 16.5. The molecule has 0 bridgehead atoms. The largest absolute Gasteiger partial charge is 0.486 e. The van der Waals surface area contributed by atoms with Crippen molar-refractivity contribution in [3.8, 4) is 5.75 Å². The molecule has 1 fully saturated rings. The van der Waals surface area contributed by atoms with Gasteiger partial charge in [0, 0.05) is 6.42 Å². The highest BCUT2D eigenvalue weighted by Crippen LogP contribution is 2.42. The van der Waals surface area contributed by atoms with Crippen molar-refractivity contribution >= 4 is 5.97 Å². The number of rotatable bonds is 3. The summed E-state index contributed by atoms with van der Waals surface area (Å²) in [7, 11) is 0. The molecule has 0 atom stereocenters. The summed E-state index contributed by atoms with van der Waals surface area (Å²) >= 11 is 0. The lowest BCUT2D eigenvalue weighted by Gasteiger charge is -2.18. The molecule has 0 saturated heterocycles. The summed E-state index contributed by atoms with van der Waals surface area (Å²) in [6.45, 7) is 6.36. The second-order valence-electron chi connectivity index (χ2n) is 6.80. The van der Waals surface area contributed by atoms with Crippen LogP contribution in [-0.4, -0.2) is 18.2 Å². The average molecular weight is 288 g/mol. The van der Waals surface area contributed by atoms with E-state index in [4.69, 9.17) is 9.47 Å². The van der Waals surface area contributed by atoms with Crippen molar-refractivity contribution in [3.05, 3.63) is 28.8 Å². The van der Waals surface area contributed by atoms with E-state index in [-0.39, 0.29) is 11.6 Å². The predicted molar refractivity (Wildman–Crippen MR) is 82.0 cm³/mol. The quantitative estimate of drug-likeness (QED) is 0.781. The smallest absolute Gasteiger partial charge is 0.341 e. The van der Waals surface area contributed by atoms with Crippen molar-refractivity contribution < 1.29 is 14.3 Å². The summed E-state index contributed by atoms with van der Waals surface area (Å²) in [5.74, 6) is 1.07. The van der Waals surface area contributed by atoms with E-state index in [1.54, 1.807) is 0 Å². The maximum Gasteiger partial charge on any atom is 0.341 e. The molecule has 2 aliphatic rings. The molecule has 0 amide bonds.